The number of aliphatic hydroxyl groups is 1. The van der Waals surface area contributed by atoms with Gasteiger partial charge in [-0.15, -0.1) is 16.8 Å². The van der Waals surface area contributed by atoms with Gasteiger partial charge in [-0.2, -0.15) is 0 Å². The van der Waals surface area contributed by atoms with E-state index in [1.54, 1.807) is 64.7 Å². The van der Waals surface area contributed by atoms with Crippen LogP contribution in [-0.4, -0.2) is 71.8 Å². The molecule has 1 N–H and O–H groups in total. The monoisotopic (exact) mass is 650 g/mol. The number of hydrogen-bond acceptors (Lipinski definition) is 9. The van der Waals surface area contributed by atoms with Crippen molar-refractivity contribution in [3.63, 3.8) is 0 Å². The van der Waals surface area contributed by atoms with E-state index in [9.17, 15) is 13.5 Å². The molecule has 5 aromatic rings. The van der Waals surface area contributed by atoms with Crippen molar-refractivity contribution in [3.05, 3.63) is 85.0 Å². The van der Waals surface area contributed by atoms with E-state index in [-0.39, 0.29) is 24.0 Å². The van der Waals surface area contributed by atoms with Crippen LogP contribution in [0.4, 0.5) is 5.95 Å². The number of ether oxygens (including phenoxy) is 2. The molecule has 0 unspecified atom stereocenters. The van der Waals surface area contributed by atoms with Crippen molar-refractivity contribution < 1.29 is 27.4 Å². The van der Waals surface area contributed by atoms with Gasteiger partial charge >= 0.3 is 0 Å². The highest BCUT2D eigenvalue weighted by atomic mass is 32.2. The lowest BCUT2D eigenvalue weighted by Gasteiger charge is -2.31. The minimum Gasteiger partial charge on any atom is -0.494 e. The number of benzene rings is 1. The van der Waals surface area contributed by atoms with Crippen LogP contribution in [0.2, 0.25) is 25.7 Å². The SMILES string of the molecule is C=C[C@@H]([C@@H](O)c1cn2ccccc2n1)S(=O)(=O)N(CC[Si](C)(C)C)c1nnc(-c2ccc(C)o2)n1-c1c(OC)cccc1OC. The summed E-state index contributed by atoms with van der Waals surface area (Å²) in [6.45, 7) is 12.1. The third-order valence-electron chi connectivity index (χ3n) is 7.40. The number of rotatable bonds is 13. The first-order valence-corrected chi connectivity index (χ1v) is 19.6. The van der Waals surface area contributed by atoms with Gasteiger partial charge in [0.15, 0.2) is 5.76 Å². The van der Waals surface area contributed by atoms with Crippen LogP contribution in [0.3, 0.4) is 0 Å². The van der Waals surface area contributed by atoms with Crippen molar-refractivity contribution in [1.82, 2.24) is 24.1 Å². The number of aryl methyl sites for hydroxylation is 1. The number of sulfonamides is 1. The first-order valence-electron chi connectivity index (χ1n) is 14.4. The molecule has 0 aliphatic heterocycles. The highest BCUT2D eigenvalue weighted by Gasteiger charge is 2.41. The fraction of sp³-hybridized carbons (Fsp3) is 0.323. The highest BCUT2D eigenvalue weighted by molar-refractivity contribution is 7.93. The Morgan fingerprint density at radius 2 is 1.78 bits per heavy atom. The molecule has 45 heavy (non-hydrogen) atoms. The second-order valence-electron chi connectivity index (χ2n) is 11.8. The van der Waals surface area contributed by atoms with Crippen molar-refractivity contribution in [2.24, 2.45) is 0 Å². The molecule has 0 fully saturated rings. The molecule has 0 spiro atoms. The molecule has 2 atom stereocenters. The summed E-state index contributed by atoms with van der Waals surface area (Å²) < 4.78 is 51.4. The summed E-state index contributed by atoms with van der Waals surface area (Å²) in [5.74, 6) is 2.02. The van der Waals surface area contributed by atoms with Gasteiger partial charge in [-0.25, -0.2) is 17.7 Å². The average Bonchev–Trinajstić information content (AvgIpc) is 3.74. The van der Waals surface area contributed by atoms with Crippen LogP contribution in [0.1, 0.15) is 17.6 Å². The zero-order chi connectivity index (χ0) is 32.5. The standard InChI is InChI=1S/C31H38N6O6SSi/c1-8-26(29(38)22-20-35-17-10-9-14-27(35)32-22)44(39,40)36(18-19-45(5,6)7)31-34-33-30(25-16-15-21(2)43-25)37(31)28-23(41-3)12-11-13-24(28)42-4/h8-17,20,26,29,38H,1,18-19H2,2-7H3/t26-,29-/m0/s1. The summed E-state index contributed by atoms with van der Waals surface area (Å²) in [6.07, 6.45) is 3.09. The first-order chi connectivity index (χ1) is 21.4. The van der Waals surface area contributed by atoms with E-state index in [0.717, 1.165) is 0 Å². The predicted octanol–water partition coefficient (Wildman–Crippen LogP) is 5.26. The molecule has 238 valence electrons. The van der Waals surface area contributed by atoms with E-state index in [4.69, 9.17) is 13.9 Å². The number of pyridine rings is 1. The lowest BCUT2D eigenvalue weighted by Crippen LogP contribution is -2.44. The number of furan rings is 1. The molecule has 14 heteroatoms. The Bertz CT molecular complexity index is 1870. The summed E-state index contributed by atoms with van der Waals surface area (Å²) in [5, 5.41) is 18.9. The van der Waals surface area contributed by atoms with E-state index >= 15 is 0 Å². The van der Waals surface area contributed by atoms with Crippen LogP contribution in [-0.2, 0) is 10.0 Å². The number of anilines is 1. The minimum absolute atomic E-state index is 0.0193. The van der Waals surface area contributed by atoms with Gasteiger partial charge in [0.2, 0.25) is 21.8 Å². The number of imidazole rings is 1. The number of fused-ring (bicyclic) bond motifs is 1. The molecule has 1 aromatic carbocycles. The van der Waals surface area contributed by atoms with E-state index in [0.29, 0.717) is 40.4 Å². The number of hydrogen-bond donors (Lipinski definition) is 1. The molecule has 0 radical (unpaired) electrons. The molecule has 4 aromatic heterocycles. The van der Waals surface area contributed by atoms with Gasteiger partial charge in [0.1, 0.15) is 39.9 Å². The molecule has 12 nitrogen and oxygen atoms in total. The van der Waals surface area contributed by atoms with Gasteiger partial charge in [0.05, 0.1) is 19.9 Å². The molecule has 0 saturated carbocycles. The van der Waals surface area contributed by atoms with Crippen molar-refractivity contribution in [1.29, 1.82) is 0 Å². The Morgan fingerprint density at radius 1 is 1.07 bits per heavy atom. The first kappa shape index (κ1) is 32.0. The Hall–Kier alpha value is -4.40. The molecule has 0 aliphatic rings. The van der Waals surface area contributed by atoms with Crippen LogP contribution in [0.15, 0.2) is 78.0 Å². The maximum atomic E-state index is 14.8. The summed E-state index contributed by atoms with van der Waals surface area (Å²) >= 11 is 0. The highest BCUT2D eigenvalue weighted by Crippen LogP contribution is 2.40. The molecule has 0 amide bonds. The molecule has 5 rings (SSSR count). The quantitative estimate of drug-likeness (QED) is 0.134. The molecule has 0 aliphatic carbocycles. The fourth-order valence-corrected chi connectivity index (χ4v) is 7.76. The summed E-state index contributed by atoms with van der Waals surface area (Å²) in [4.78, 5) is 4.48. The molecule has 0 bridgehead atoms. The second-order valence-corrected chi connectivity index (χ2v) is 19.4. The lowest BCUT2D eigenvalue weighted by atomic mass is 10.2. The third-order valence-corrected chi connectivity index (χ3v) is 11.2. The predicted molar refractivity (Wildman–Crippen MR) is 175 cm³/mol. The van der Waals surface area contributed by atoms with E-state index in [1.807, 2.05) is 12.1 Å². The van der Waals surface area contributed by atoms with E-state index < -0.39 is 29.5 Å². The van der Waals surface area contributed by atoms with Crippen molar-refractivity contribution in [2.45, 2.75) is 44.0 Å². The van der Waals surface area contributed by atoms with Gasteiger partial charge in [0, 0.05) is 27.0 Å². The second kappa shape index (κ2) is 12.5. The average molecular weight is 651 g/mol. The summed E-state index contributed by atoms with van der Waals surface area (Å²) in [5.41, 5.74) is 1.15. The van der Waals surface area contributed by atoms with Crippen molar-refractivity contribution >= 4 is 29.7 Å². The maximum absolute atomic E-state index is 14.8. The Labute approximate surface area is 263 Å². The molecular weight excluding hydrogens is 613 g/mol. The fourth-order valence-electron chi connectivity index (χ4n) is 5.01. The smallest absolute Gasteiger partial charge is 0.246 e. The Morgan fingerprint density at radius 3 is 2.36 bits per heavy atom. The third kappa shape index (κ3) is 6.25. The normalized spacial score (nSPS) is 13.5. The van der Waals surface area contributed by atoms with Gasteiger partial charge in [-0.1, -0.05) is 37.8 Å². The summed E-state index contributed by atoms with van der Waals surface area (Å²) in [7, 11) is -3.19. The van der Waals surface area contributed by atoms with Gasteiger partial charge in [-0.3, -0.25) is 4.57 Å². The number of aliphatic hydroxyl groups excluding tert-OH is 1. The molecule has 4 heterocycles. The largest absolute Gasteiger partial charge is 0.494 e. The molecular formula is C31H38N6O6SSi. The molecule has 0 saturated heterocycles. The van der Waals surface area contributed by atoms with Gasteiger partial charge in [-0.05, 0) is 49.4 Å². The topological polar surface area (TPSA) is 137 Å². The van der Waals surface area contributed by atoms with Gasteiger partial charge in [0.25, 0.3) is 0 Å². The van der Waals surface area contributed by atoms with Crippen LogP contribution in [0, 0.1) is 6.92 Å². The summed E-state index contributed by atoms with van der Waals surface area (Å²) in [6, 6.07) is 14.8. The van der Waals surface area contributed by atoms with Crippen LogP contribution < -0.4 is 13.8 Å². The number of methoxy groups -OCH3 is 2. The zero-order valence-corrected chi connectivity index (χ0v) is 28.0. The Balaban J connectivity index is 1.73. The van der Waals surface area contributed by atoms with E-state index in [1.165, 1.54) is 24.6 Å². The number of aromatic nitrogens is 5. The zero-order valence-electron chi connectivity index (χ0n) is 26.2. The number of nitrogens with zero attached hydrogens (tertiary/aromatic N) is 6. The van der Waals surface area contributed by atoms with Crippen LogP contribution in [0.5, 0.6) is 11.5 Å². The number of para-hydroxylation sites is 1. The van der Waals surface area contributed by atoms with Gasteiger partial charge < -0.3 is 23.4 Å². The van der Waals surface area contributed by atoms with E-state index in [2.05, 4.69) is 41.4 Å². The van der Waals surface area contributed by atoms with Crippen molar-refractivity contribution in [2.75, 3.05) is 25.1 Å². The lowest BCUT2D eigenvalue weighted by molar-refractivity contribution is 0.179. The van der Waals surface area contributed by atoms with Crippen LogP contribution in [0.25, 0.3) is 22.9 Å². The van der Waals surface area contributed by atoms with Crippen molar-refractivity contribution in [3.8, 4) is 28.8 Å². The minimum atomic E-state index is -4.40. The van der Waals surface area contributed by atoms with Crippen LogP contribution >= 0.6 is 0 Å². The maximum Gasteiger partial charge on any atom is 0.246 e. The Kier molecular flexibility index (Phi) is 8.92.